The molecule has 0 atom stereocenters. The highest BCUT2D eigenvalue weighted by Gasteiger charge is 2.17. The number of aromatic nitrogens is 4. The second kappa shape index (κ2) is 5.88. The lowest BCUT2D eigenvalue weighted by molar-refractivity contribution is 0.876. The minimum atomic E-state index is 0.227. The predicted molar refractivity (Wildman–Crippen MR) is 80.5 cm³/mol. The second-order valence-corrected chi connectivity index (χ2v) is 5.91. The molecule has 0 saturated carbocycles. The van der Waals surface area contributed by atoms with Crippen LogP contribution in [0.5, 0.6) is 0 Å². The summed E-state index contributed by atoms with van der Waals surface area (Å²) < 4.78 is 0. The summed E-state index contributed by atoms with van der Waals surface area (Å²) in [5.41, 5.74) is 2.87. The molecule has 0 aliphatic carbocycles. The van der Waals surface area contributed by atoms with Gasteiger partial charge in [-0.05, 0) is 31.4 Å². The maximum atomic E-state index is 5.98. The Bertz CT molecular complexity index is 595. The van der Waals surface area contributed by atoms with E-state index >= 15 is 0 Å². The fourth-order valence-corrected chi connectivity index (χ4v) is 3.00. The van der Waals surface area contributed by atoms with E-state index in [1.54, 1.807) is 11.3 Å². The Kier molecular flexibility index (Phi) is 3.98. The number of anilines is 2. The lowest BCUT2D eigenvalue weighted by Gasteiger charge is -2.15. The van der Waals surface area contributed by atoms with E-state index in [1.807, 2.05) is 12.4 Å². The van der Waals surface area contributed by atoms with Crippen LogP contribution in [0, 0.1) is 6.92 Å². The van der Waals surface area contributed by atoms with Gasteiger partial charge in [-0.25, -0.2) is 4.98 Å². The number of thiazole rings is 1. The summed E-state index contributed by atoms with van der Waals surface area (Å²) in [6.07, 6.45) is 2.35. The van der Waals surface area contributed by atoms with Gasteiger partial charge in [-0.3, -0.25) is 0 Å². The van der Waals surface area contributed by atoms with E-state index in [0.29, 0.717) is 18.4 Å². The number of halogens is 1. The summed E-state index contributed by atoms with van der Waals surface area (Å²) in [4.78, 5) is 20.3. The van der Waals surface area contributed by atoms with E-state index in [1.165, 1.54) is 17.7 Å². The highest BCUT2D eigenvalue weighted by molar-refractivity contribution is 7.09. The monoisotopic (exact) mass is 310 g/mol. The number of hydrogen-bond donors (Lipinski definition) is 1. The summed E-state index contributed by atoms with van der Waals surface area (Å²) in [5, 5.41) is 3.42. The van der Waals surface area contributed by atoms with Crippen LogP contribution in [-0.2, 0) is 6.54 Å². The van der Waals surface area contributed by atoms with Gasteiger partial charge in [0.1, 0.15) is 0 Å². The summed E-state index contributed by atoms with van der Waals surface area (Å²) >= 11 is 7.60. The Labute approximate surface area is 126 Å². The molecule has 6 nitrogen and oxygen atoms in total. The molecule has 1 aliphatic rings. The fourth-order valence-electron chi connectivity index (χ4n) is 2.13. The van der Waals surface area contributed by atoms with E-state index in [2.05, 4.69) is 30.2 Å². The first-order valence-electron chi connectivity index (χ1n) is 6.52. The van der Waals surface area contributed by atoms with Gasteiger partial charge < -0.3 is 10.2 Å². The Hall–Kier alpha value is -1.47. The fraction of sp³-hybridized carbons (Fsp3) is 0.500. The molecular formula is C12H15ClN6S. The van der Waals surface area contributed by atoms with Gasteiger partial charge >= 0.3 is 0 Å². The maximum Gasteiger partial charge on any atom is 0.231 e. The molecule has 20 heavy (non-hydrogen) atoms. The first kappa shape index (κ1) is 13.5. The highest BCUT2D eigenvalue weighted by Crippen LogP contribution is 2.19. The summed E-state index contributed by atoms with van der Waals surface area (Å²) in [6, 6.07) is 0. The molecular weight excluding hydrogens is 296 g/mol. The molecule has 106 valence electrons. The SMILES string of the molecule is Cc1ncsc1CNc1nc(Cl)nc(N2CCCC2)n1. The predicted octanol–water partition coefficient (Wildman–Crippen LogP) is 2.50. The Balaban J connectivity index is 1.74. The molecule has 1 aliphatic heterocycles. The van der Waals surface area contributed by atoms with Gasteiger partial charge in [-0.15, -0.1) is 11.3 Å². The summed E-state index contributed by atoms with van der Waals surface area (Å²) in [6.45, 7) is 4.60. The minimum Gasteiger partial charge on any atom is -0.349 e. The third kappa shape index (κ3) is 2.99. The molecule has 1 N–H and O–H groups in total. The van der Waals surface area contributed by atoms with Crippen LogP contribution in [0.1, 0.15) is 23.4 Å². The largest absolute Gasteiger partial charge is 0.349 e. The molecule has 0 radical (unpaired) electrons. The van der Waals surface area contributed by atoms with Gasteiger partial charge in [0.25, 0.3) is 0 Å². The van der Waals surface area contributed by atoms with Gasteiger partial charge in [0.2, 0.25) is 17.2 Å². The maximum absolute atomic E-state index is 5.98. The van der Waals surface area contributed by atoms with Crippen LogP contribution < -0.4 is 10.2 Å². The molecule has 2 aromatic heterocycles. The van der Waals surface area contributed by atoms with E-state index in [-0.39, 0.29) is 5.28 Å². The molecule has 0 bridgehead atoms. The highest BCUT2D eigenvalue weighted by atomic mass is 35.5. The zero-order chi connectivity index (χ0) is 13.9. The van der Waals surface area contributed by atoms with Crippen molar-refractivity contribution in [1.82, 2.24) is 19.9 Å². The first-order valence-corrected chi connectivity index (χ1v) is 7.77. The smallest absolute Gasteiger partial charge is 0.231 e. The third-order valence-electron chi connectivity index (χ3n) is 3.24. The van der Waals surface area contributed by atoms with Crippen molar-refractivity contribution in [1.29, 1.82) is 0 Å². The summed E-state index contributed by atoms with van der Waals surface area (Å²) in [7, 11) is 0. The normalized spacial score (nSPS) is 14.8. The quantitative estimate of drug-likeness (QED) is 0.936. The van der Waals surface area contributed by atoms with Crippen LogP contribution in [0.25, 0.3) is 0 Å². The van der Waals surface area contributed by atoms with Crippen molar-refractivity contribution in [3.63, 3.8) is 0 Å². The average Bonchev–Trinajstić information content (AvgIpc) is 3.07. The van der Waals surface area contributed by atoms with Crippen LogP contribution in [-0.4, -0.2) is 33.0 Å². The molecule has 0 aromatic carbocycles. The molecule has 3 heterocycles. The zero-order valence-corrected chi connectivity index (χ0v) is 12.7. The van der Waals surface area contributed by atoms with E-state index in [9.17, 15) is 0 Å². The third-order valence-corrected chi connectivity index (χ3v) is 4.34. The molecule has 1 saturated heterocycles. The van der Waals surface area contributed by atoms with Gasteiger partial charge in [-0.1, -0.05) is 0 Å². The minimum absolute atomic E-state index is 0.227. The van der Waals surface area contributed by atoms with Gasteiger partial charge in [-0.2, -0.15) is 15.0 Å². The molecule has 0 amide bonds. The van der Waals surface area contributed by atoms with Crippen LogP contribution in [0.3, 0.4) is 0 Å². The van der Waals surface area contributed by atoms with E-state index in [0.717, 1.165) is 18.8 Å². The molecule has 8 heteroatoms. The lowest BCUT2D eigenvalue weighted by atomic mass is 10.4. The van der Waals surface area contributed by atoms with Crippen molar-refractivity contribution in [2.24, 2.45) is 0 Å². The van der Waals surface area contributed by atoms with Gasteiger partial charge in [0.05, 0.1) is 17.7 Å². The van der Waals surface area contributed by atoms with Crippen molar-refractivity contribution in [2.45, 2.75) is 26.3 Å². The zero-order valence-electron chi connectivity index (χ0n) is 11.1. The van der Waals surface area contributed by atoms with Crippen molar-refractivity contribution < 1.29 is 0 Å². The average molecular weight is 311 g/mol. The van der Waals surface area contributed by atoms with Crippen LogP contribution in [0.15, 0.2) is 5.51 Å². The number of nitrogens with zero attached hydrogens (tertiary/aromatic N) is 5. The number of aryl methyl sites for hydroxylation is 1. The number of nitrogens with one attached hydrogen (secondary N) is 1. The molecule has 3 rings (SSSR count). The molecule has 2 aromatic rings. The second-order valence-electron chi connectivity index (χ2n) is 4.64. The molecule has 0 spiro atoms. The van der Waals surface area contributed by atoms with Crippen LogP contribution in [0.2, 0.25) is 5.28 Å². The number of hydrogen-bond acceptors (Lipinski definition) is 7. The van der Waals surface area contributed by atoms with Crippen molar-refractivity contribution in [3.8, 4) is 0 Å². The summed E-state index contributed by atoms with van der Waals surface area (Å²) in [5.74, 6) is 1.17. The van der Waals surface area contributed by atoms with Gasteiger partial charge in [0.15, 0.2) is 0 Å². The topological polar surface area (TPSA) is 66.8 Å². The Morgan fingerprint density at radius 1 is 1.30 bits per heavy atom. The lowest BCUT2D eigenvalue weighted by Crippen LogP contribution is -2.21. The van der Waals surface area contributed by atoms with Crippen molar-refractivity contribution in [2.75, 3.05) is 23.3 Å². The van der Waals surface area contributed by atoms with E-state index < -0.39 is 0 Å². The van der Waals surface area contributed by atoms with Gasteiger partial charge in [0, 0.05) is 18.0 Å². The first-order chi connectivity index (χ1) is 9.72. The Morgan fingerprint density at radius 2 is 2.10 bits per heavy atom. The number of rotatable bonds is 4. The van der Waals surface area contributed by atoms with Crippen LogP contribution >= 0.6 is 22.9 Å². The van der Waals surface area contributed by atoms with Crippen molar-refractivity contribution in [3.05, 3.63) is 21.4 Å². The van der Waals surface area contributed by atoms with Crippen molar-refractivity contribution >= 4 is 34.8 Å². The van der Waals surface area contributed by atoms with Crippen LogP contribution in [0.4, 0.5) is 11.9 Å². The van der Waals surface area contributed by atoms with E-state index in [4.69, 9.17) is 11.6 Å². The standard InChI is InChI=1S/C12H15ClN6S/c1-8-9(20-7-15-8)6-14-11-16-10(13)17-12(18-11)19-4-2-3-5-19/h7H,2-6H2,1H3,(H,14,16,17,18). The Morgan fingerprint density at radius 3 is 2.80 bits per heavy atom. The molecule has 0 unspecified atom stereocenters. The molecule has 1 fully saturated rings.